The monoisotopic (exact) mass is 505 g/mol. The lowest BCUT2D eigenvalue weighted by atomic mass is 9.67. The molecule has 3 aliphatic heterocycles. The van der Waals surface area contributed by atoms with Crippen LogP contribution in [0.1, 0.15) is 79.4 Å². The van der Waals surface area contributed by atoms with E-state index in [9.17, 15) is 9.90 Å². The Morgan fingerprint density at radius 2 is 1.75 bits per heavy atom. The molecular weight excluding hydrogens is 462 g/mol. The van der Waals surface area contributed by atoms with Crippen molar-refractivity contribution < 1.29 is 33.7 Å². The van der Waals surface area contributed by atoms with Gasteiger partial charge in [0.25, 0.3) is 0 Å². The predicted octanol–water partition coefficient (Wildman–Crippen LogP) is 4.97. The van der Waals surface area contributed by atoms with Gasteiger partial charge in [-0.15, -0.1) is 0 Å². The number of rotatable bonds is 9. The second-order valence-electron chi connectivity index (χ2n) is 11.6. The van der Waals surface area contributed by atoms with Gasteiger partial charge < -0.3 is 24.1 Å². The topological polar surface area (TPSA) is 90.0 Å². The van der Waals surface area contributed by atoms with Crippen LogP contribution in [0.5, 0.6) is 5.75 Å². The molecule has 1 spiro atoms. The highest BCUT2D eigenvalue weighted by Crippen LogP contribution is 2.54. The van der Waals surface area contributed by atoms with Gasteiger partial charge in [-0.05, 0) is 58.2 Å². The van der Waals surface area contributed by atoms with Gasteiger partial charge in [0, 0.05) is 17.9 Å². The smallest absolute Gasteiger partial charge is 0.314 e. The lowest BCUT2D eigenvalue weighted by molar-refractivity contribution is -0.414. The number of hydrogen-bond donors (Lipinski definition) is 1. The first kappa shape index (κ1) is 27.3. The van der Waals surface area contributed by atoms with Crippen molar-refractivity contribution >= 4 is 5.97 Å². The Morgan fingerprint density at radius 1 is 1.14 bits per heavy atom. The van der Waals surface area contributed by atoms with Gasteiger partial charge in [-0.2, -0.15) is 5.06 Å². The summed E-state index contributed by atoms with van der Waals surface area (Å²) in [6.45, 7) is 16.2. The van der Waals surface area contributed by atoms with E-state index in [1.807, 2.05) is 12.1 Å². The molecule has 0 amide bonds. The highest BCUT2D eigenvalue weighted by atomic mass is 16.7. The van der Waals surface area contributed by atoms with Crippen LogP contribution >= 0.6 is 0 Å². The number of aliphatic carboxylic acids is 1. The van der Waals surface area contributed by atoms with Crippen molar-refractivity contribution in [3.8, 4) is 5.75 Å². The first-order valence-corrected chi connectivity index (χ1v) is 13.2. The molecule has 0 radical (unpaired) electrons. The molecule has 5 atom stereocenters. The minimum atomic E-state index is -1.04. The standard InChI is InChI=1S/C28H43NO7/c1-8-26(6)16-28(34-17-25(5,18-35-28)24(30)31)20(4)27(7,9-2)29(26)36-19(3)21-10-12-22(13-11-21)32-14-23-15-33-23/h10-13,19-20,23H,8-9,14-18H2,1-7H3,(H,30,31). The number of nitrogens with zero attached hydrogens (tertiary/aromatic N) is 1. The summed E-state index contributed by atoms with van der Waals surface area (Å²) < 4.78 is 23.8. The van der Waals surface area contributed by atoms with Gasteiger partial charge in [-0.25, -0.2) is 0 Å². The van der Waals surface area contributed by atoms with Crippen LogP contribution in [0, 0.1) is 11.3 Å². The van der Waals surface area contributed by atoms with Gasteiger partial charge in [0.15, 0.2) is 5.79 Å². The summed E-state index contributed by atoms with van der Waals surface area (Å²) in [4.78, 5) is 18.6. The predicted molar refractivity (Wildman–Crippen MR) is 135 cm³/mol. The summed E-state index contributed by atoms with van der Waals surface area (Å²) >= 11 is 0. The third-order valence-electron chi connectivity index (χ3n) is 8.89. The van der Waals surface area contributed by atoms with Crippen LogP contribution in [0.25, 0.3) is 0 Å². The Hall–Kier alpha value is -1.71. The Balaban J connectivity index is 1.54. The van der Waals surface area contributed by atoms with E-state index in [0.29, 0.717) is 13.0 Å². The number of ether oxygens (including phenoxy) is 4. The normalized spacial score (nSPS) is 39.6. The molecule has 1 aromatic rings. The third-order valence-corrected chi connectivity index (χ3v) is 8.89. The van der Waals surface area contributed by atoms with Crippen LogP contribution in [0.4, 0.5) is 0 Å². The summed E-state index contributed by atoms with van der Waals surface area (Å²) in [6, 6.07) is 8.06. The van der Waals surface area contributed by atoms with Crippen molar-refractivity contribution in [2.75, 3.05) is 26.4 Å². The first-order valence-electron chi connectivity index (χ1n) is 13.2. The van der Waals surface area contributed by atoms with Gasteiger partial charge in [0.05, 0.1) is 25.4 Å². The van der Waals surface area contributed by atoms with Crippen molar-refractivity contribution in [3.05, 3.63) is 29.8 Å². The average molecular weight is 506 g/mol. The number of piperidine rings is 1. The molecule has 3 saturated heterocycles. The van der Waals surface area contributed by atoms with Crippen molar-refractivity contribution in [2.45, 2.75) is 96.8 Å². The molecular formula is C28H43NO7. The zero-order valence-electron chi connectivity index (χ0n) is 22.8. The molecule has 0 saturated carbocycles. The maximum Gasteiger partial charge on any atom is 0.314 e. The number of epoxide rings is 1. The minimum Gasteiger partial charge on any atom is -0.491 e. The largest absolute Gasteiger partial charge is 0.491 e. The Labute approximate surface area is 215 Å². The highest BCUT2D eigenvalue weighted by Gasteiger charge is 2.64. The number of benzene rings is 1. The van der Waals surface area contributed by atoms with Gasteiger partial charge in [-0.1, -0.05) is 32.9 Å². The number of hydrogen-bond acceptors (Lipinski definition) is 7. The van der Waals surface area contributed by atoms with Crippen molar-refractivity contribution in [1.82, 2.24) is 5.06 Å². The van der Waals surface area contributed by atoms with Crippen LogP contribution in [0.3, 0.4) is 0 Å². The fraction of sp³-hybridized carbons (Fsp3) is 0.750. The summed E-state index contributed by atoms with van der Waals surface area (Å²) in [7, 11) is 0. The molecule has 5 unspecified atom stereocenters. The number of hydroxylamine groups is 2. The Morgan fingerprint density at radius 3 is 2.25 bits per heavy atom. The maximum absolute atomic E-state index is 11.8. The summed E-state index contributed by atoms with van der Waals surface area (Å²) in [5, 5.41) is 11.9. The quantitative estimate of drug-likeness (QED) is 0.471. The SMILES string of the molecule is CCC1(C)CC2(OCC(C)(C(=O)O)CO2)C(C)C(C)(CC)N1OC(C)c1ccc(OCC2CO2)cc1. The number of carboxylic acid groups (broad SMARTS) is 1. The van der Waals surface area contributed by atoms with Crippen molar-refractivity contribution in [2.24, 2.45) is 11.3 Å². The molecule has 3 fully saturated rings. The summed E-state index contributed by atoms with van der Waals surface area (Å²) in [6.07, 6.45) is 2.28. The van der Waals surface area contributed by atoms with Gasteiger partial charge >= 0.3 is 5.97 Å². The van der Waals surface area contributed by atoms with E-state index in [1.165, 1.54) is 0 Å². The molecule has 8 nitrogen and oxygen atoms in total. The van der Waals surface area contributed by atoms with E-state index in [1.54, 1.807) is 6.92 Å². The van der Waals surface area contributed by atoms with Gasteiger partial charge in [-0.3, -0.25) is 9.63 Å². The molecule has 36 heavy (non-hydrogen) atoms. The van der Waals surface area contributed by atoms with E-state index in [4.69, 9.17) is 23.8 Å². The Kier molecular flexibility index (Phi) is 7.50. The second-order valence-corrected chi connectivity index (χ2v) is 11.6. The van der Waals surface area contributed by atoms with Crippen LogP contribution in [-0.2, 0) is 23.8 Å². The van der Waals surface area contributed by atoms with E-state index in [0.717, 1.165) is 30.8 Å². The zero-order chi connectivity index (χ0) is 26.4. The molecule has 1 aromatic carbocycles. The fourth-order valence-electron chi connectivity index (χ4n) is 5.52. The lowest BCUT2D eigenvalue weighted by Gasteiger charge is -2.64. The molecule has 202 valence electrons. The van der Waals surface area contributed by atoms with Crippen molar-refractivity contribution in [1.29, 1.82) is 0 Å². The third kappa shape index (κ3) is 4.90. The molecule has 0 aromatic heterocycles. The molecule has 1 N–H and O–H groups in total. The summed E-state index contributed by atoms with van der Waals surface area (Å²) in [5.41, 5.74) is -0.755. The molecule has 3 heterocycles. The minimum absolute atomic E-state index is 0.0550. The average Bonchev–Trinajstić information content (AvgIpc) is 3.71. The molecule has 0 aliphatic carbocycles. The van der Waals surface area contributed by atoms with E-state index in [-0.39, 0.29) is 36.9 Å². The lowest BCUT2D eigenvalue weighted by Crippen LogP contribution is -2.74. The number of carbonyl (C=O) groups is 1. The fourth-order valence-corrected chi connectivity index (χ4v) is 5.52. The van der Waals surface area contributed by atoms with E-state index >= 15 is 0 Å². The van der Waals surface area contributed by atoms with Gasteiger partial charge in [0.1, 0.15) is 30.0 Å². The number of carboxylic acids is 1. The molecule has 4 rings (SSSR count). The second kappa shape index (κ2) is 9.87. The molecule has 8 heteroatoms. The van der Waals surface area contributed by atoms with Crippen LogP contribution < -0.4 is 4.74 Å². The van der Waals surface area contributed by atoms with Crippen LogP contribution in [0.15, 0.2) is 24.3 Å². The molecule has 3 aliphatic rings. The Bertz CT molecular complexity index is 924. The zero-order valence-corrected chi connectivity index (χ0v) is 22.8. The van der Waals surface area contributed by atoms with E-state index < -0.39 is 22.7 Å². The van der Waals surface area contributed by atoms with Gasteiger partial charge in [0.2, 0.25) is 0 Å². The van der Waals surface area contributed by atoms with Crippen LogP contribution in [-0.4, -0.2) is 65.5 Å². The highest BCUT2D eigenvalue weighted by molar-refractivity contribution is 5.74. The first-order chi connectivity index (χ1) is 16.9. The maximum atomic E-state index is 11.8. The summed E-state index contributed by atoms with van der Waals surface area (Å²) in [5.74, 6) is -0.988. The van der Waals surface area contributed by atoms with Crippen molar-refractivity contribution in [3.63, 3.8) is 0 Å². The van der Waals surface area contributed by atoms with E-state index in [2.05, 4.69) is 58.7 Å². The van der Waals surface area contributed by atoms with Crippen LogP contribution in [0.2, 0.25) is 0 Å². The molecule has 0 bridgehead atoms.